The van der Waals surface area contributed by atoms with Crippen molar-refractivity contribution in [1.82, 2.24) is 9.21 Å². The maximum absolute atomic E-state index is 12.7. The molecule has 2 rings (SSSR count). The van der Waals surface area contributed by atoms with Crippen molar-refractivity contribution < 1.29 is 17.9 Å². The van der Waals surface area contributed by atoms with Gasteiger partial charge >= 0.3 is 0 Å². The predicted octanol–water partition coefficient (Wildman–Crippen LogP) is 3.02. The molecule has 146 valence electrons. The summed E-state index contributed by atoms with van der Waals surface area (Å²) >= 11 is 6.08. The van der Waals surface area contributed by atoms with Crippen molar-refractivity contribution in [2.75, 3.05) is 27.2 Å². The standard InChI is InChI=1S/C19H23ClN2O4S/c1-4-26-18-11-10-16(12-17(18)20)27(24,25)22(3)14-19(23)21(2)13-15-8-6-5-7-9-15/h5-12H,4,13-14H2,1-3H3. The minimum atomic E-state index is -3.85. The highest BCUT2D eigenvalue weighted by Gasteiger charge is 2.25. The molecule has 2 aromatic rings. The third-order valence-corrected chi connectivity index (χ3v) is 6.05. The number of halogens is 1. The number of carbonyl (C=O) groups excluding carboxylic acids is 1. The summed E-state index contributed by atoms with van der Waals surface area (Å²) in [7, 11) is -0.837. The number of likely N-dealkylation sites (N-methyl/N-ethyl adjacent to an activating group) is 2. The van der Waals surface area contributed by atoms with Crippen molar-refractivity contribution in [3.05, 3.63) is 59.1 Å². The Bertz CT molecular complexity index is 888. The summed E-state index contributed by atoms with van der Waals surface area (Å²) in [5, 5.41) is 0.207. The Labute approximate surface area is 165 Å². The summed E-state index contributed by atoms with van der Waals surface area (Å²) in [6, 6.07) is 13.7. The van der Waals surface area contributed by atoms with E-state index in [0.29, 0.717) is 18.9 Å². The molecule has 27 heavy (non-hydrogen) atoms. The highest BCUT2D eigenvalue weighted by Crippen LogP contribution is 2.28. The molecule has 0 saturated heterocycles. The largest absolute Gasteiger partial charge is 0.492 e. The Balaban J connectivity index is 2.08. The third-order valence-electron chi connectivity index (χ3n) is 3.96. The van der Waals surface area contributed by atoms with Crippen LogP contribution >= 0.6 is 11.6 Å². The fourth-order valence-corrected chi connectivity index (χ4v) is 3.88. The molecule has 0 spiro atoms. The van der Waals surface area contributed by atoms with Crippen molar-refractivity contribution >= 4 is 27.5 Å². The van der Waals surface area contributed by atoms with Crippen LogP contribution in [0, 0.1) is 0 Å². The average molecular weight is 411 g/mol. The number of carbonyl (C=O) groups is 1. The van der Waals surface area contributed by atoms with Gasteiger partial charge in [-0.25, -0.2) is 8.42 Å². The van der Waals surface area contributed by atoms with Crippen LogP contribution in [0.5, 0.6) is 5.75 Å². The van der Waals surface area contributed by atoms with Gasteiger partial charge in [-0.1, -0.05) is 41.9 Å². The molecule has 0 heterocycles. The lowest BCUT2D eigenvalue weighted by molar-refractivity contribution is -0.130. The Morgan fingerprint density at radius 1 is 1.11 bits per heavy atom. The van der Waals surface area contributed by atoms with Gasteiger partial charge in [0.25, 0.3) is 0 Å². The molecule has 0 fully saturated rings. The molecule has 8 heteroatoms. The molecule has 0 aliphatic heterocycles. The number of nitrogens with zero attached hydrogens (tertiary/aromatic N) is 2. The summed E-state index contributed by atoms with van der Waals surface area (Å²) in [4.78, 5) is 13.9. The molecule has 0 aliphatic carbocycles. The zero-order valence-corrected chi connectivity index (χ0v) is 17.1. The summed E-state index contributed by atoms with van der Waals surface area (Å²) in [6.07, 6.45) is 0. The number of benzene rings is 2. The van der Waals surface area contributed by atoms with Gasteiger partial charge in [0, 0.05) is 20.6 Å². The third kappa shape index (κ3) is 5.45. The molecule has 0 aromatic heterocycles. The molecular formula is C19H23ClN2O4S. The van der Waals surface area contributed by atoms with Gasteiger partial charge in [0.15, 0.2) is 0 Å². The van der Waals surface area contributed by atoms with Gasteiger partial charge in [0.1, 0.15) is 5.75 Å². The first-order chi connectivity index (χ1) is 12.8. The van der Waals surface area contributed by atoms with E-state index in [4.69, 9.17) is 16.3 Å². The molecule has 0 bridgehead atoms. The summed E-state index contributed by atoms with van der Waals surface area (Å²) in [6.45, 7) is 2.37. The number of rotatable bonds is 8. The quantitative estimate of drug-likeness (QED) is 0.670. The van der Waals surface area contributed by atoms with Crippen molar-refractivity contribution in [1.29, 1.82) is 0 Å². The monoisotopic (exact) mass is 410 g/mol. The second-order valence-electron chi connectivity index (χ2n) is 6.02. The molecule has 1 amide bonds. The first kappa shape index (κ1) is 21.2. The van der Waals surface area contributed by atoms with Gasteiger partial charge in [-0.05, 0) is 30.7 Å². The first-order valence-corrected chi connectivity index (χ1v) is 10.2. The maximum Gasteiger partial charge on any atom is 0.243 e. The van der Waals surface area contributed by atoms with Crippen LogP contribution in [-0.4, -0.2) is 50.8 Å². The topological polar surface area (TPSA) is 66.9 Å². The van der Waals surface area contributed by atoms with Crippen LogP contribution in [0.1, 0.15) is 12.5 Å². The highest BCUT2D eigenvalue weighted by molar-refractivity contribution is 7.89. The van der Waals surface area contributed by atoms with E-state index in [-0.39, 0.29) is 22.4 Å². The van der Waals surface area contributed by atoms with E-state index < -0.39 is 10.0 Å². The minimum absolute atomic E-state index is 0.0111. The molecule has 0 aliphatic rings. The van der Waals surface area contributed by atoms with Crippen LogP contribution in [0.3, 0.4) is 0 Å². The van der Waals surface area contributed by atoms with Crippen LogP contribution in [0.15, 0.2) is 53.4 Å². The fraction of sp³-hybridized carbons (Fsp3) is 0.316. The van der Waals surface area contributed by atoms with Crippen LogP contribution in [-0.2, 0) is 21.4 Å². The van der Waals surface area contributed by atoms with Crippen molar-refractivity contribution in [2.45, 2.75) is 18.4 Å². The molecule has 6 nitrogen and oxygen atoms in total. The van der Waals surface area contributed by atoms with Crippen molar-refractivity contribution in [3.8, 4) is 5.75 Å². The second-order valence-corrected chi connectivity index (χ2v) is 8.47. The smallest absolute Gasteiger partial charge is 0.243 e. The maximum atomic E-state index is 12.7. The van der Waals surface area contributed by atoms with E-state index in [0.717, 1.165) is 9.87 Å². The number of hydrogen-bond donors (Lipinski definition) is 0. The SMILES string of the molecule is CCOc1ccc(S(=O)(=O)N(C)CC(=O)N(C)Cc2ccccc2)cc1Cl. The van der Waals surface area contributed by atoms with Crippen molar-refractivity contribution in [3.63, 3.8) is 0 Å². The Kier molecular flexibility index (Phi) is 7.24. The van der Waals surface area contributed by atoms with Gasteiger partial charge in [0.05, 0.1) is 23.1 Å². The molecular weight excluding hydrogens is 388 g/mol. The highest BCUT2D eigenvalue weighted by atomic mass is 35.5. The van der Waals surface area contributed by atoms with Gasteiger partial charge in [-0.2, -0.15) is 4.31 Å². The minimum Gasteiger partial charge on any atom is -0.492 e. The van der Waals surface area contributed by atoms with E-state index in [1.807, 2.05) is 37.3 Å². The van der Waals surface area contributed by atoms with Crippen LogP contribution in [0.4, 0.5) is 0 Å². The van der Waals surface area contributed by atoms with E-state index in [1.165, 1.54) is 30.1 Å². The molecule has 0 saturated carbocycles. The molecule has 0 N–H and O–H groups in total. The number of hydrogen-bond acceptors (Lipinski definition) is 4. The number of sulfonamides is 1. The zero-order chi connectivity index (χ0) is 20.0. The van der Waals surface area contributed by atoms with Crippen LogP contribution in [0.25, 0.3) is 0 Å². The molecule has 0 radical (unpaired) electrons. The summed E-state index contributed by atoms with van der Waals surface area (Å²) in [5.74, 6) is 0.112. The first-order valence-electron chi connectivity index (χ1n) is 8.42. The van der Waals surface area contributed by atoms with Gasteiger partial charge in [-0.3, -0.25) is 4.79 Å². The Morgan fingerprint density at radius 2 is 1.78 bits per heavy atom. The normalized spacial score (nSPS) is 11.4. The Morgan fingerprint density at radius 3 is 2.37 bits per heavy atom. The summed E-state index contributed by atoms with van der Waals surface area (Å²) < 4.78 is 31.8. The van der Waals surface area contributed by atoms with Crippen LogP contribution < -0.4 is 4.74 Å². The predicted molar refractivity (Wildman–Crippen MR) is 105 cm³/mol. The number of ether oxygens (including phenoxy) is 1. The lowest BCUT2D eigenvalue weighted by Crippen LogP contribution is -2.39. The molecule has 2 aromatic carbocycles. The van der Waals surface area contributed by atoms with Gasteiger partial charge in [-0.15, -0.1) is 0 Å². The van der Waals surface area contributed by atoms with Crippen LogP contribution in [0.2, 0.25) is 5.02 Å². The Hall–Kier alpha value is -2.09. The van der Waals surface area contributed by atoms with Gasteiger partial charge < -0.3 is 9.64 Å². The second kappa shape index (κ2) is 9.21. The zero-order valence-electron chi connectivity index (χ0n) is 15.6. The van der Waals surface area contributed by atoms with Crippen molar-refractivity contribution in [2.24, 2.45) is 0 Å². The lowest BCUT2D eigenvalue weighted by atomic mass is 10.2. The van der Waals surface area contributed by atoms with E-state index >= 15 is 0 Å². The fourth-order valence-electron chi connectivity index (χ4n) is 2.44. The van der Waals surface area contributed by atoms with Gasteiger partial charge in [0.2, 0.25) is 15.9 Å². The lowest BCUT2D eigenvalue weighted by Gasteiger charge is -2.22. The molecule has 0 atom stereocenters. The number of amides is 1. The summed E-state index contributed by atoms with van der Waals surface area (Å²) in [5.41, 5.74) is 0.970. The molecule has 0 unspecified atom stereocenters. The van der Waals surface area contributed by atoms with E-state index in [9.17, 15) is 13.2 Å². The van der Waals surface area contributed by atoms with E-state index in [2.05, 4.69) is 0 Å². The van der Waals surface area contributed by atoms with E-state index in [1.54, 1.807) is 7.05 Å². The average Bonchev–Trinajstić information content (AvgIpc) is 2.64.